The van der Waals surface area contributed by atoms with Crippen LogP contribution in [0, 0.1) is 0 Å². The Hall–Kier alpha value is -1.82. The molecule has 0 bridgehead atoms. The molecule has 14 N–H and O–H groups in total. The van der Waals surface area contributed by atoms with E-state index in [9.17, 15) is 70.9 Å². The number of amides is 2. The Morgan fingerprint density at radius 3 is 1.49 bits per heavy atom. The van der Waals surface area contributed by atoms with Crippen LogP contribution in [0.3, 0.4) is 0 Å². The average Bonchev–Trinajstić information content (AvgIpc) is 3.09. The van der Waals surface area contributed by atoms with Gasteiger partial charge in [-0.3, -0.25) is 9.59 Å². The maximum absolute atomic E-state index is 12.1. The lowest BCUT2D eigenvalue weighted by atomic mass is 9.95. The molecule has 2 amide bonds. The van der Waals surface area contributed by atoms with Gasteiger partial charge in [-0.25, -0.2) is 0 Å². The first-order chi connectivity index (χ1) is 24.0. The number of carbonyl (C=O) groups excluding carboxylic acids is 2. The second kappa shape index (κ2) is 18.0. The number of hydrogen-bond donors (Lipinski definition) is 14. The summed E-state index contributed by atoms with van der Waals surface area (Å²) in [6.45, 7) is -0.965. The zero-order chi connectivity index (χ0) is 37.9. The first kappa shape index (κ1) is 41.9. The van der Waals surface area contributed by atoms with Gasteiger partial charge in [0.15, 0.2) is 25.2 Å². The molecule has 0 unspecified atom stereocenters. The smallest absolute Gasteiger partial charge is 0.217 e. The standard InChI is InChI=1S/C28H48N2O21/c1-7(34)29-13-17(38)16(37)12(46-25(13)44)6-45-26-14(30-8(2)35)18(39)23(10(4-32)48-26)50-28-22(43)20(41)24(11(5-33)49-28)51-27-21(42)19(40)15(36)9(3-31)47-27/h9-28,31-33,36-44H,3-6H2,1-2H3,(H,29,34)(H,30,35)/t9-,10-,11-,12-,13-,14-,15+,16+,17-,18-,19+,20-,21-,22-,23-,24+,25-,26-,27-,28+/m1/s1. The van der Waals surface area contributed by atoms with Crippen LogP contribution in [-0.4, -0.2) is 222 Å². The minimum absolute atomic E-state index is 0.619. The number of aliphatic hydroxyl groups is 12. The predicted octanol–water partition coefficient (Wildman–Crippen LogP) is -9.46. The third kappa shape index (κ3) is 9.29. The van der Waals surface area contributed by atoms with Gasteiger partial charge in [-0.15, -0.1) is 0 Å². The van der Waals surface area contributed by atoms with Gasteiger partial charge in [-0.1, -0.05) is 0 Å². The summed E-state index contributed by atoms with van der Waals surface area (Å²) in [6.07, 6.45) is -30.8. The van der Waals surface area contributed by atoms with Gasteiger partial charge in [0, 0.05) is 13.8 Å². The van der Waals surface area contributed by atoms with E-state index < -0.39 is 161 Å². The number of nitrogens with one attached hydrogen (secondary N) is 2. The highest BCUT2D eigenvalue weighted by Gasteiger charge is 2.54. The van der Waals surface area contributed by atoms with Gasteiger partial charge in [0.1, 0.15) is 97.5 Å². The molecule has 4 aliphatic rings. The largest absolute Gasteiger partial charge is 0.394 e. The van der Waals surface area contributed by atoms with E-state index in [4.69, 9.17) is 33.2 Å². The minimum Gasteiger partial charge on any atom is -0.394 e. The van der Waals surface area contributed by atoms with Crippen LogP contribution in [0.15, 0.2) is 0 Å². The lowest BCUT2D eigenvalue weighted by Crippen LogP contribution is -2.68. The highest BCUT2D eigenvalue weighted by Crippen LogP contribution is 2.33. The summed E-state index contributed by atoms with van der Waals surface area (Å²) in [5, 5.41) is 129. The molecule has 23 heteroatoms. The summed E-state index contributed by atoms with van der Waals surface area (Å²) in [5.41, 5.74) is 0. The molecule has 4 heterocycles. The summed E-state index contributed by atoms with van der Waals surface area (Å²) >= 11 is 0. The molecule has 296 valence electrons. The third-order valence-electron chi connectivity index (χ3n) is 8.99. The molecule has 0 saturated carbocycles. The summed E-state index contributed by atoms with van der Waals surface area (Å²) in [5.74, 6) is -1.32. The van der Waals surface area contributed by atoms with E-state index in [1.165, 1.54) is 0 Å². The quantitative estimate of drug-likeness (QED) is 0.0881. The topological polar surface area (TPSA) is 366 Å². The van der Waals surface area contributed by atoms with Gasteiger partial charge in [0.25, 0.3) is 0 Å². The van der Waals surface area contributed by atoms with Gasteiger partial charge < -0.3 is 105 Å². The maximum Gasteiger partial charge on any atom is 0.217 e. The Bertz CT molecular complexity index is 1140. The van der Waals surface area contributed by atoms with E-state index in [1.807, 2.05) is 0 Å². The van der Waals surface area contributed by atoms with Crippen molar-refractivity contribution in [2.24, 2.45) is 0 Å². The van der Waals surface area contributed by atoms with Crippen molar-refractivity contribution in [1.82, 2.24) is 10.6 Å². The van der Waals surface area contributed by atoms with E-state index in [0.29, 0.717) is 0 Å². The van der Waals surface area contributed by atoms with Gasteiger partial charge in [-0.05, 0) is 0 Å². The minimum atomic E-state index is -2.02. The van der Waals surface area contributed by atoms with Crippen LogP contribution < -0.4 is 10.6 Å². The Labute approximate surface area is 289 Å². The predicted molar refractivity (Wildman–Crippen MR) is 157 cm³/mol. The second-order valence-corrected chi connectivity index (χ2v) is 12.7. The van der Waals surface area contributed by atoms with Crippen LogP contribution in [0.5, 0.6) is 0 Å². The van der Waals surface area contributed by atoms with Gasteiger partial charge in [-0.2, -0.15) is 0 Å². The Balaban J connectivity index is 1.45. The molecule has 0 aromatic heterocycles. The molecule has 4 saturated heterocycles. The van der Waals surface area contributed by atoms with Crippen molar-refractivity contribution < 1.29 is 104 Å². The lowest BCUT2D eigenvalue weighted by Gasteiger charge is -2.49. The van der Waals surface area contributed by atoms with E-state index in [0.717, 1.165) is 13.8 Å². The zero-order valence-corrected chi connectivity index (χ0v) is 27.4. The fourth-order valence-corrected chi connectivity index (χ4v) is 6.25. The molecule has 0 aromatic rings. The molecule has 0 aromatic carbocycles. The summed E-state index contributed by atoms with van der Waals surface area (Å²) in [4.78, 5) is 23.5. The van der Waals surface area contributed by atoms with Crippen molar-refractivity contribution >= 4 is 11.8 Å². The molecule has 20 atom stereocenters. The molecule has 0 spiro atoms. The van der Waals surface area contributed by atoms with E-state index in [2.05, 4.69) is 10.6 Å². The van der Waals surface area contributed by atoms with Gasteiger partial charge in [0.05, 0.1) is 26.4 Å². The highest BCUT2D eigenvalue weighted by atomic mass is 16.8. The van der Waals surface area contributed by atoms with Crippen LogP contribution in [0.2, 0.25) is 0 Å². The van der Waals surface area contributed by atoms with E-state index in [-0.39, 0.29) is 0 Å². The Morgan fingerprint density at radius 2 is 0.961 bits per heavy atom. The Morgan fingerprint density at radius 1 is 0.510 bits per heavy atom. The highest BCUT2D eigenvalue weighted by molar-refractivity contribution is 5.73. The molecular weight excluding hydrogens is 700 g/mol. The van der Waals surface area contributed by atoms with Crippen molar-refractivity contribution in [3.63, 3.8) is 0 Å². The molecule has 0 aliphatic carbocycles. The molecule has 4 fully saturated rings. The summed E-state index contributed by atoms with van der Waals surface area (Å²) in [6, 6.07) is -2.86. The van der Waals surface area contributed by atoms with Crippen molar-refractivity contribution in [2.45, 2.75) is 137 Å². The number of ether oxygens (including phenoxy) is 7. The molecule has 4 aliphatic heterocycles. The summed E-state index contributed by atoms with van der Waals surface area (Å²) < 4.78 is 38.8. The van der Waals surface area contributed by atoms with Crippen LogP contribution in [-0.2, 0) is 42.7 Å². The fraction of sp³-hybridized carbons (Fsp3) is 0.929. The van der Waals surface area contributed by atoms with Crippen molar-refractivity contribution in [1.29, 1.82) is 0 Å². The first-order valence-corrected chi connectivity index (χ1v) is 16.1. The normalized spacial score (nSPS) is 47.8. The number of rotatable bonds is 12. The third-order valence-corrected chi connectivity index (χ3v) is 8.99. The van der Waals surface area contributed by atoms with E-state index in [1.54, 1.807) is 0 Å². The molecule has 0 radical (unpaired) electrons. The summed E-state index contributed by atoms with van der Waals surface area (Å²) in [7, 11) is 0. The van der Waals surface area contributed by atoms with Gasteiger partial charge >= 0.3 is 0 Å². The van der Waals surface area contributed by atoms with Crippen LogP contribution in [0.4, 0.5) is 0 Å². The van der Waals surface area contributed by atoms with Crippen LogP contribution >= 0.6 is 0 Å². The average molecular weight is 749 g/mol. The van der Waals surface area contributed by atoms with E-state index >= 15 is 0 Å². The molecular formula is C28H48N2O21. The molecule has 4 rings (SSSR count). The number of aliphatic hydroxyl groups excluding tert-OH is 12. The first-order valence-electron chi connectivity index (χ1n) is 16.1. The fourth-order valence-electron chi connectivity index (χ4n) is 6.25. The SMILES string of the molecule is CC(=O)N[C@@H]1[C@@H](O)[C@@H](O)[C@@H](CO[C@@H]2O[C@H](CO)[C@@H](O[C@@H]3O[C@H](CO)[C@H](O[C@H]4O[C@H](CO)[C@H](O)[C@H](O)[C@H]4O)[C@H](O)[C@H]3O)[C@H](O)[C@H]2NC(C)=O)O[C@H]1O. The van der Waals surface area contributed by atoms with Crippen molar-refractivity contribution in [2.75, 3.05) is 26.4 Å². The maximum atomic E-state index is 12.1. The van der Waals surface area contributed by atoms with Crippen molar-refractivity contribution in [3.05, 3.63) is 0 Å². The monoisotopic (exact) mass is 748 g/mol. The molecule has 23 nitrogen and oxygen atoms in total. The zero-order valence-electron chi connectivity index (χ0n) is 27.4. The van der Waals surface area contributed by atoms with Gasteiger partial charge in [0.2, 0.25) is 11.8 Å². The Kier molecular flexibility index (Phi) is 14.8. The van der Waals surface area contributed by atoms with Crippen molar-refractivity contribution in [3.8, 4) is 0 Å². The number of hydrogen-bond acceptors (Lipinski definition) is 21. The molecule has 51 heavy (non-hydrogen) atoms. The number of carbonyl (C=O) groups is 2. The second-order valence-electron chi connectivity index (χ2n) is 12.7. The lowest BCUT2D eigenvalue weighted by molar-refractivity contribution is -0.375. The van der Waals surface area contributed by atoms with Crippen LogP contribution in [0.25, 0.3) is 0 Å². The van der Waals surface area contributed by atoms with Crippen LogP contribution in [0.1, 0.15) is 13.8 Å².